The number of nitrogens with zero attached hydrogens (tertiary/aromatic N) is 1. The maximum atomic E-state index is 7.49. The molecule has 72 valence electrons. The van der Waals surface area contributed by atoms with Crippen molar-refractivity contribution in [2.75, 3.05) is 0 Å². The fraction of sp³-hybridized carbons (Fsp3) is 0. The predicted molar refractivity (Wildman–Crippen MR) is 60.9 cm³/mol. The van der Waals surface area contributed by atoms with Crippen molar-refractivity contribution in [2.24, 2.45) is 4.99 Å². The lowest BCUT2D eigenvalue weighted by molar-refractivity contribution is 1.45. The number of aliphatic imine (C=N–C) groups is 1. The Balaban J connectivity index is 2.89. The first kappa shape index (κ1) is 10.2. The summed E-state index contributed by atoms with van der Waals surface area (Å²) in [6.07, 6.45) is 1.45. The van der Waals surface area contributed by atoms with Crippen LogP contribution in [0.15, 0.2) is 4.99 Å². The lowest BCUT2D eigenvalue weighted by Crippen LogP contribution is -1.96. The number of nitrogens with one attached hydrogen (secondary N) is 1. The number of halogens is 4. The van der Waals surface area contributed by atoms with E-state index in [4.69, 9.17) is 51.8 Å². The van der Waals surface area contributed by atoms with Crippen LogP contribution >= 0.6 is 46.4 Å². The SMILES string of the molecule is N=C1N=Cc2c(Cl)c(Cl)c(Cl)c(Cl)c21. The summed E-state index contributed by atoms with van der Waals surface area (Å²) in [6.45, 7) is 0. The summed E-state index contributed by atoms with van der Waals surface area (Å²) in [5, 5.41) is 8.35. The second-order valence-electron chi connectivity index (χ2n) is 2.65. The third kappa shape index (κ3) is 1.26. The van der Waals surface area contributed by atoms with E-state index in [0.29, 0.717) is 11.1 Å². The van der Waals surface area contributed by atoms with Crippen molar-refractivity contribution in [3.8, 4) is 0 Å². The average Bonchev–Trinajstić information content (AvgIpc) is 2.54. The number of fused-ring (bicyclic) bond motifs is 1. The number of hydrogen-bond donors (Lipinski definition) is 1. The largest absolute Gasteiger partial charge is 0.282 e. The van der Waals surface area contributed by atoms with Crippen molar-refractivity contribution in [1.82, 2.24) is 0 Å². The van der Waals surface area contributed by atoms with Crippen LogP contribution in [-0.2, 0) is 0 Å². The minimum atomic E-state index is 0.0467. The van der Waals surface area contributed by atoms with Gasteiger partial charge < -0.3 is 0 Å². The fourth-order valence-corrected chi connectivity index (χ4v) is 2.20. The molecule has 1 aliphatic rings. The van der Waals surface area contributed by atoms with Gasteiger partial charge in [-0.1, -0.05) is 46.4 Å². The Hall–Kier alpha value is -0.280. The second-order valence-corrected chi connectivity index (χ2v) is 4.16. The Labute approximate surface area is 99.9 Å². The molecule has 1 aromatic rings. The van der Waals surface area contributed by atoms with Gasteiger partial charge in [0.1, 0.15) is 0 Å². The van der Waals surface area contributed by atoms with Gasteiger partial charge in [-0.15, -0.1) is 0 Å². The van der Waals surface area contributed by atoms with Gasteiger partial charge >= 0.3 is 0 Å². The molecule has 0 aliphatic carbocycles. The number of hydrogen-bond acceptors (Lipinski definition) is 1. The molecule has 1 N–H and O–H groups in total. The molecule has 0 atom stereocenters. The van der Waals surface area contributed by atoms with Crippen LogP contribution in [0.3, 0.4) is 0 Å². The van der Waals surface area contributed by atoms with Gasteiger partial charge in [0.25, 0.3) is 0 Å². The zero-order valence-electron chi connectivity index (χ0n) is 6.54. The molecular formula is C8H2Cl4N2. The number of rotatable bonds is 0. The maximum absolute atomic E-state index is 7.49. The van der Waals surface area contributed by atoms with E-state index in [1.54, 1.807) is 0 Å². The Morgan fingerprint density at radius 3 is 2.14 bits per heavy atom. The molecule has 1 aromatic carbocycles. The molecule has 0 saturated carbocycles. The van der Waals surface area contributed by atoms with Crippen LogP contribution in [0.2, 0.25) is 20.1 Å². The van der Waals surface area contributed by atoms with Crippen LogP contribution in [0.5, 0.6) is 0 Å². The van der Waals surface area contributed by atoms with E-state index in [2.05, 4.69) is 4.99 Å². The van der Waals surface area contributed by atoms with Gasteiger partial charge in [0.15, 0.2) is 5.84 Å². The van der Waals surface area contributed by atoms with Crippen molar-refractivity contribution in [1.29, 1.82) is 5.41 Å². The second kappa shape index (κ2) is 3.38. The number of benzene rings is 1. The lowest BCUT2D eigenvalue weighted by atomic mass is 10.1. The Kier molecular flexibility index (Phi) is 2.48. The minimum absolute atomic E-state index is 0.0467. The maximum Gasteiger partial charge on any atom is 0.154 e. The highest BCUT2D eigenvalue weighted by molar-refractivity contribution is 6.54. The third-order valence-corrected chi connectivity index (χ3v) is 3.68. The first-order chi connectivity index (χ1) is 6.54. The average molecular weight is 268 g/mol. The van der Waals surface area contributed by atoms with E-state index >= 15 is 0 Å². The summed E-state index contributed by atoms with van der Waals surface area (Å²) in [5.41, 5.74) is 0.988. The monoisotopic (exact) mass is 266 g/mol. The summed E-state index contributed by atoms with van der Waals surface area (Å²) in [4.78, 5) is 3.78. The van der Waals surface area contributed by atoms with Crippen molar-refractivity contribution in [3.63, 3.8) is 0 Å². The zero-order valence-corrected chi connectivity index (χ0v) is 9.56. The van der Waals surface area contributed by atoms with Gasteiger partial charge in [0.05, 0.1) is 20.1 Å². The van der Waals surface area contributed by atoms with Crippen LogP contribution in [0.25, 0.3) is 0 Å². The highest BCUT2D eigenvalue weighted by Crippen LogP contribution is 2.42. The van der Waals surface area contributed by atoms with E-state index in [1.165, 1.54) is 6.21 Å². The van der Waals surface area contributed by atoms with Crippen molar-refractivity contribution in [2.45, 2.75) is 0 Å². The zero-order chi connectivity index (χ0) is 10.5. The molecule has 0 unspecified atom stereocenters. The van der Waals surface area contributed by atoms with Crippen LogP contribution in [-0.4, -0.2) is 12.1 Å². The molecule has 2 nitrogen and oxygen atoms in total. The van der Waals surface area contributed by atoms with Crippen LogP contribution in [0.1, 0.15) is 11.1 Å². The standard InChI is InChI=1S/C8H2Cl4N2/c9-4-2-1-14-8(13)3(2)5(10)7(12)6(4)11/h1,13H. The summed E-state index contributed by atoms with van der Waals surface area (Å²) in [5.74, 6) is 0.0467. The van der Waals surface area contributed by atoms with Gasteiger partial charge in [-0.25, -0.2) is 4.99 Å². The highest BCUT2D eigenvalue weighted by Gasteiger charge is 2.24. The fourth-order valence-electron chi connectivity index (χ4n) is 1.20. The van der Waals surface area contributed by atoms with Crippen LogP contribution in [0.4, 0.5) is 0 Å². The Bertz CT molecular complexity index is 479. The highest BCUT2D eigenvalue weighted by atomic mass is 35.5. The van der Waals surface area contributed by atoms with E-state index in [1.807, 2.05) is 0 Å². The first-order valence-electron chi connectivity index (χ1n) is 3.53. The topological polar surface area (TPSA) is 36.2 Å². The number of amidine groups is 1. The molecule has 2 rings (SSSR count). The van der Waals surface area contributed by atoms with Crippen molar-refractivity contribution < 1.29 is 0 Å². The van der Waals surface area contributed by atoms with E-state index in [-0.39, 0.29) is 25.9 Å². The molecule has 0 fully saturated rings. The Morgan fingerprint density at radius 2 is 1.50 bits per heavy atom. The Morgan fingerprint density at radius 1 is 0.929 bits per heavy atom. The van der Waals surface area contributed by atoms with Crippen LogP contribution in [0, 0.1) is 5.41 Å². The summed E-state index contributed by atoms with van der Waals surface area (Å²) in [6, 6.07) is 0. The van der Waals surface area contributed by atoms with Crippen LogP contribution < -0.4 is 0 Å². The lowest BCUT2D eigenvalue weighted by Gasteiger charge is -2.07. The summed E-state index contributed by atoms with van der Waals surface area (Å²) in [7, 11) is 0. The smallest absolute Gasteiger partial charge is 0.154 e. The molecule has 0 radical (unpaired) electrons. The molecule has 0 amide bonds. The normalized spacial score (nSPS) is 13.6. The molecule has 0 spiro atoms. The van der Waals surface area contributed by atoms with Crippen molar-refractivity contribution in [3.05, 3.63) is 31.2 Å². The molecule has 0 aromatic heterocycles. The van der Waals surface area contributed by atoms with E-state index < -0.39 is 0 Å². The molecule has 0 saturated heterocycles. The predicted octanol–water partition coefficient (Wildman–Crippen LogP) is 4.06. The first-order valence-corrected chi connectivity index (χ1v) is 5.04. The van der Waals surface area contributed by atoms with Gasteiger partial charge in [-0.2, -0.15) is 0 Å². The van der Waals surface area contributed by atoms with E-state index in [9.17, 15) is 0 Å². The van der Waals surface area contributed by atoms with E-state index in [0.717, 1.165) is 0 Å². The van der Waals surface area contributed by atoms with Gasteiger partial charge in [0.2, 0.25) is 0 Å². The van der Waals surface area contributed by atoms with Gasteiger partial charge in [-0.05, 0) is 0 Å². The quantitative estimate of drug-likeness (QED) is 0.544. The third-order valence-electron chi connectivity index (χ3n) is 1.86. The molecule has 1 heterocycles. The van der Waals surface area contributed by atoms with Gasteiger partial charge in [0, 0.05) is 17.3 Å². The summed E-state index contributed by atoms with van der Waals surface area (Å²) >= 11 is 23.5. The molecular weight excluding hydrogens is 266 g/mol. The molecule has 6 heteroatoms. The minimum Gasteiger partial charge on any atom is -0.282 e. The molecule has 14 heavy (non-hydrogen) atoms. The van der Waals surface area contributed by atoms with Crippen molar-refractivity contribution >= 4 is 58.5 Å². The summed E-state index contributed by atoms with van der Waals surface area (Å²) < 4.78 is 0. The molecule has 1 aliphatic heterocycles. The van der Waals surface area contributed by atoms with Gasteiger partial charge in [-0.3, -0.25) is 5.41 Å². The molecule has 0 bridgehead atoms.